The Bertz CT molecular complexity index is 1500. The zero-order chi connectivity index (χ0) is 22.5. The van der Waals surface area contributed by atoms with Gasteiger partial charge in [-0.3, -0.25) is 0 Å². The van der Waals surface area contributed by atoms with E-state index in [1.54, 1.807) is 0 Å². The molecule has 0 atom stereocenters. The highest BCUT2D eigenvalue weighted by atomic mass is 15.2. The van der Waals surface area contributed by atoms with E-state index >= 15 is 0 Å². The molecule has 6 aromatic carbocycles. The Balaban J connectivity index is 1.55. The third-order valence-corrected chi connectivity index (χ3v) is 7.12. The molecule has 0 amide bonds. The number of hydrogen-bond donors (Lipinski definition) is 0. The van der Waals surface area contributed by atoms with E-state index < -0.39 is 0 Å². The summed E-state index contributed by atoms with van der Waals surface area (Å²) in [5.41, 5.74) is 7.74. The Kier molecular flexibility index (Phi) is 4.31. The first-order chi connectivity index (χ1) is 16.9. The predicted molar refractivity (Wildman–Crippen MR) is 147 cm³/mol. The number of para-hydroxylation sites is 2. The van der Waals surface area contributed by atoms with Gasteiger partial charge in [-0.25, -0.2) is 0 Å². The van der Waals surface area contributed by atoms with Crippen LogP contribution >= 0.6 is 0 Å². The molecule has 0 bridgehead atoms. The van der Waals surface area contributed by atoms with Gasteiger partial charge in [-0.05, 0) is 45.3 Å². The first kappa shape index (κ1) is 19.2. The van der Waals surface area contributed by atoms with E-state index in [9.17, 15) is 0 Å². The van der Waals surface area contributed by atoms with E-state index in [4.69, 9.17) is 0 Å². The van der Waals surface area contributed by atoms with Gasteiger partial charge >= 0.3 is 0 Å². The lowest BCUT2D eigenvalue weighted by Gasteiger charge is -2.37. The summed E-state index contributed by atoms with van der Waals surface area (Å²) >= 11 is 0. The molecule has 2 heteroatoms. The van der Waals surface area contributed by atoms with E-state index in [2.05, 4.69) is 138 Å². The summed E-state index contributed by atoms with van der Waals surface area (Å²) < 4.78 is 0. The van der Waals surface area contributed by atoms with Crippen LogP contribution < -0.4 is 21.3 Å². The minimum absolute atomic E-state index is 0.171. The minimum atomic E-state index is 0.171. The monoisotopic (exact) mass is 431 g/mol. The Morgan fingerprint density at radius 1 is 0.353 bits per heavy atom. The van der Waals surface area contributed by atoms with Crippen molar-refractivity contribution in [2.24, 2.45) is 0 Å². The van der Waals surface area contributed by atoms with Gasteiger partial charge in [-0.15, -0.1) is 0 Å². The number of hydrogen-bond acceptors (Lipinski definition) is 1. The maximum absolute atomic E-state index is 2.45. The largest absolute Gasteiger partial charge is 0.311 e. The molecule has 6 aromatic rings. The van der Waals surface area contributed by atoms with Crippen LogP contribution in [0.15, 0.2) is 133 Å². The quantitative estimate of drug-likeness (QED) is 0.291. The number of rotatable bonds is 2. The summed E-state index contributed by atoms with van der Waals surface area (Å²) in [6.45, 7) is 0.171. The lowest BCUT2D eigenvalue weighted by Crippen LogP contribution is -2.57. The van der Waals surface area contributed by atoms with Crippen LogP contribution in [0.5, 0.6) is 0 Å². The smallest absolute Gasteiger partial charge is 0.247 e. The van der Waals surface area contributed by atoms with E-state index in [0.717, 1.165) is 0 Å². The van der Waals surface area contributed by atoms with E-state index in [0.29, 0.717) is 0 Å². The SMILES string of the molecule is c1ccc2c(c1)B(c1cccc3ccccc13)c1ccccc1N2c1cccc2ccccc12. The van der Waals surface area contributed by atoms with Gasteiger partial charge in [-0.1, -0.05) is 121 Å². The second-order valence-electron chi connectivity index (χ2n) is 8.95. The molecule has 0 fully saturated rings. The molecule has 34 heavy (non-hydrogen) atoms. The minimum Gasteiger partial charge on any atom is -0.311 e. The Morgan fingerprint density at radius 2 is 0.794 bits per heavy atom. The van der Waals surface area contributed by atoms with Crippen molar-refractivity contribution < 1.29 is 0 Å². The predicted octanol–water partition coefficient (Wildman–Crippen LogP) is 6.29. The van der Waals surface area contributed by atoms with Gasteiger partial charge in [0.25, 0.3) is 0 Å². The molecule has 7 rings (SSSR count). The highest BCUT2D eigenvalue weighted by molar-refractivity contribution is 6.99. The van der Waals surface area contributed by atoms with Gasteiger partial charge in [0, 0.05) is 16.8 Å². The van der Waals surface area contributed by atoms with Crippen LogP contribution in [0.25, 0.3) is 21.5 Å². The summed E-state index contributed by atoms with van der Waals surface area (Å²) in [6, 6.07) is 48.5. The van der Waals surface area contributed by atoms with Crippen molar-refractivity contribution in [1.82, 2.24) is 0 Å². The number of benzene rings is 6. The molecular formula is C32H22BN. The second kappa shape index (κ2) is 7.64. The van der Waals surface area contributed by atoms with Gasteiger partial charge in [-0.2, -0.15) is 0 Å². The van der Waals surface area contributed by atoms with E-state index in [-0.39, 0.29) is 6.71 Å². The van der Waals surface area contributed by atoms with Crippen LogP contribution in [-0.2, 0) is 0 Å². The third kappa shape index (κ3) is 2.82. The fraction of sp³-hybridized carbons (Fsp3) is 0. The molecule has 158 valence electrons. The molecule has 1 aliphatic rings. The summed E-state index contributed by atoms with van der Waals surface area (Å²) in [5.74, 6) is 0. The molecule has 0 unspecified atom stereocenters. The number of anilines is 3. The highest BCUT2D eigenvalue weighted by Gasteiger charge is 2.35. The first-order valence-corrected chi connectivity index (χ1v) is 11.8. The Hall–Kier alpha value is -4.30. The normalized spacial score (nSPS) is 12.6. The Morgan fingerprint density at radius 3 is 1.50 bits per heavy atom. The van der Waals surface area contributed by atoms with Crippen LogP contribution in [0.3, 0.4) is 0 Å². The molecule has 0 saturated heterocycles. The third-order valence-electron chi connectivity index (χ3n) is 7.12. The van der Waals surface area contributed by atoms with Crippen molar-refractivity contribution in [3.05, 3.63) is 133 Å². The maximum Gasteiger partial charge on any atom is 0.247 e. The fourth-order valence-corrected chi connectivity index (χ4v) is 5.67. The van der Waals surface area contributed by atoms with Crippen molar-refractivity contribution in [2.75, 3.05) is 4.90 Å². The average molecular weight is 431 g/mol. The molecule has 0 spiro atoms. The zero-order valence-electron chi connectivity index (χ0n) is 18.7. The number of fused-ring (bicyclic) bond motifs is 4. The Labute approximate surface area is 200 Å². The highest BCUT2D eigenvalue weighted by Crippen LogP contribution is 2.39. The summed E-state index contributed by atoms with van der Waals surface area (Å²) in [4.78, 5) is 2.45. The molecule has 1 nitrogen and oxygen atoms in total. The van der Waals surface area contributed by atoms with Crippen LogP contribution in [0.4, 0.5) is 17.1 Å². The summed E-state index contributed by atoms with van der Waals surface area (Å²) in [6.07, 6.45) is 0. The van der Waals surface area contributed by atoms with Crippen molar-refractivity contribution in [2.45, 2.75) is 0 Å². The van der Waals surface area contributed by atoms with Crippen molar-refractivity contribution in [3.8, 4) is 0 Å². The lowest BCUT2D eigenvalue weighted by atomic mass is 9.34. The van der Waals surface area contributed by atoms with Crippen LogP contribution in [0.1, 0.15) is 0 Å². The van der Waals surface area contributed by atoms with E-state index in [1.165, 1.54) is 55.0 Å². The van der Waals surface area contributed by atoms with Gasteiger partial charge in [0.15, 0.2) is 0 Å². The topological polar surface area (TPSA) is 3.24 Å². The van der Waals surface area contributed by atoms with Crippen molar-refractivity contribution in [1.29, 1.82) is 0 Å². The fourth-order valence-electron chi connectivity index (χ4n) is 5.67. The lowest BCUT2D eigenvalue weighted by molar-refractivity contribution is 1.31. The van der Waals surface area contributed by atoms with Crippen molar-refractivity contribution in [3.63, 3.8) is 0 Å². The molecule has 0 aliphatic carbocycles. The van der Waals surface area contributed by atoms with Gasteiger partial charge in [0.1, 0.15) is 0 Å². The summed E-state index contributed by atoms with van der Waals surface area (Å²) in [5, 5.41) is 5.12. The average Bonchev–Trinajstić information content (AvgIpc) is 2.91. The standard InChI is InChI=1S/C32H22BN/c1-3-15-25-23(11-1)13-9-19-27(25)33-28-17-5-7-20-31(28)34(32-21-8-6-18-29(32)33)30-22-10-14-24-12-2-4-16-26(24)30/h1-22H. The van der Waals surface area contributed by atoms with E-state index in [1.807, 2.05) is 0 Å². The van der Waals surface area contributed by atoms with Crippen LogP contribution in [-0.4, -0.2) is 6.71 Å². The molecule has 0 aromatic heterocycles. The summed E-state index contributed by atoms with van der Waals surface area (Å²) in [7, 11) is 0. The van der Waals surface area contributed by atoms with Crippen LogP contribution in [0.2, 0.25) is 0 Å². The number of nitrogens with zero attached hydrogens (tertiary/aromatic N) is 1. The molecule has 0 N–H and O–H groups in total. The second-order valence-corrected chi connectivity index (χ2v) is 8.95. The van der Waals surface area contributed by atoms with Crippen LogP contribution in [0, 0.1) is 0 Å². The molecule has 0 radical (unpaired) electrons. The molecule has 1 heterocycles. The first-order valence-electron chi connectivity index (χ1n) is 11.8. The maximum atomic E-state index is 2.45. The molecular weight excluding hydrogens is 409 g/mol. The van der Waals surface area contributed by atoms with Crippen molar-refractivity contribution >= 4 is 61.7 Å². The van der Waals surface area contributed by atoms with Gasteiger partial charge in [0.2, 0.25) is 6.71 Å². The molecule has 1 aliphatic heterocycles. The van der Waals surface area contributed by atoms with Gasteiger partial charge < -0.3 is 4.90 Å². The molecule has 0 saturated carbocycles. The zero-order valence-corrected chi connectivity index (χ0v) is 18.7. The van der Waals surface area contributed by atoms with Gasteiger partial charge in [0.05, 0.1) is 5.69 Å².